The van der Waals surface area contributed by atoms with Crippen molar-refractivity contribution in [1.82, 2.24) is 0 Å². The first kappa shape index (κ1) is 11.9. The summed E-state index contributed by atoms with van der Waals surface area (Å²) >= 11 is 0. The van der Waals surface area contributed by atoms with E-state index in [2.05, 4.69) is 55.1 Å². The molecule has 0 aromatic heterocycles. The first-order valence-electron chi connectivity index (χ1n) is 6.09. The van der Waals surface area contributed by atoms with Crippen LogP contribution in [0.15, 0.2) is 34.8 Å². The van der Waals surface area contributed by atoms with Gasteiger partial charge in [-0.15, -0.1) is 0 Å². The maximum atomic E-state index is 4.37. The molecule has 1 heterocycles. The van der Waals surface area contributed by atoms with Crippen molar-refractivity contribution in [2.75, 3.05) is 25.5 Å². The number of rotatable bonds is 1. The Morgan fingerprint density at radius 3 is 2.71 bits per heavy atom. The van der Waals surface area contributed by atoms with Gasteiger partial charge in [0, 0.05) is 43.2 Å². The van der Waals surface area contributed by atoms with Crippen LogP contribution in [-0.2, 0) is 0 Å². The van der Waals surface area contributed by atoms with E-state index in [9.17, 15) is 0 Å². The Morgan fingerprint density at radius 2 is 2.00 bits per heavy atom. The normalized spacial score (nSPS) is 16.9. The molecule has 0 atom stereocenters. The highest BCUT2D eigenvalue weighted by atomic mass is 15.1. The minimum atomic E-state index is 1.07. The topological polar surface area (TPSA) is 15.6 Å². The second-order valence-electron chi connectivity index (χ2n) is 4.65. The number of hydrogen-bond acceptors (Lipinski definition) is 2. The first-order chi connectivity index (χ1) is 8.15. The van der Waals surface area contributed by atoms with Crippen LogP contribution < -0.4 is 4.90 Å². The van der Waals surface area contributed by atoms with Crippen molar-refractivity contribution >= 4 is 17.0 Å². The maximum Gasteiger partial charge on any atom is 0.0444 e. The monoisotopic (exact) mass is 228 g/mol. The summed E-state index contributed by atoms with van der Waals surface area (Å²) in [5.41, 5.74) is 6.51. The molecule has 2 heteroatoms. The Hall–Kier alpha value is -1.57. The zero-order valence-electron chi connectivity index (χ0n) is 11.1. The Labute approximate surface area is 104 Å². The number of para-hydroxylation sites is 1. The fraction of sp³-hybridized carbons (Fsp3) is 0.400. The van der Waals surface area contributed by atoms with Gasteiger partial charge in [0.05, 0.1) is 0 Å². The van der Waals surface area contributed by atoms with Gasteiger partial charge in [-0.3, -0.25) is 4.99 Å². The van der Waals surface area contributed by atoms with Crippen LogP contribution in [0.5, 0.6) is 0 Å². The van der Waals surface area contributed by atoms with Crippen molar-refractivity contribution in [3.8, 4) is 0 Å². The average Bonchev–Trinajstić information content (AvgIpc) is 2.47. The van der Waals surface area contributed by atoms with Crippen LogP contribution in [0.3, 0.4) is 0 Å². The van der Waals surface area contributed by atoms with Crippen molar-refractivity contribution in [3.63, 3.8) is 0 Å². The number of benzene rings is 1. The molecule has 0 unspecified atom stereocenters. The van der Waals surface area contributed by atoms with E-state index in [0.717, 1.165) is 18.7 Å². The number of hydrogen-bond donors (Lipinski definition) is 0. The Kier molecular flexibility index (Phi) is 3.32. The van der Waals surface area contributed by atoms with Gasteiger partial charge in [0.1, 0.15) is 0 Å². The molecule has 1 aromatic carbocycles. The van der Waals surface area contributed by atoms with Crippen LogP contribution in [0.2, 0.25) is 0 Å². The standard InChI is InChI=1S/C15H20N2/c1-11-9-10-17(4)14-8-6-5-7-13(14)15(11)12(2)16-3/h5-8H,9-10H2,1-4H3/b16-12-. The van der Waals surface area contributed by atoms with E-state index in [1.54, 1.807) is 0 Å². The molecule has 0 saturated carbocycles. The summed E-state index contributed by atoms with van der Waals surface area (Å²) < 4.78 is 0. The lowest BCUT2D eigenvalue weighted by molar-refractivity contribution is 0.878. The quantitative estimate of drug-likeness (QED) is 0.673. The second kappa shape index (κ2) is 4.74. The van der Waals surface area contributed by atoms with Gasteiger partial charge in [0.15, 0.2) is 0 Å². The lowest BCUT2D eigenvalue weighted by atomic mass is 9.95. The molecule has 1 aromatic rings. The first-order valence-corrected chi connectivity index (χ1v) is 6.09. The molecular formula is C15H20N2. The van der Waals surface area contributed by atoms with Gasteiger partial charge in [-0.05, 0) is 26.3 Å². The van der Waals surface area contributed by atoms with Crippen molar-refractivity contribution in [3.05, 3.63) is 35.4 Å². The average molecular weight is 228 g/mol. The van der Waals surface area contributed by atoms with Crippen LogP contribution in [0.25, 0.3) is 5.57 Å². The highest BCUT2D eigenvalue weighted by molar-refractivity contribution is 6.25. The van der Waals surface area contributed by atoms with E-state index in [0.29, 0.717) is 0 Å². The molecule has 1 aliphatic rings. The van der Waals surface area contributed by atoms with E-state index in [-0.39, 0.29) is 0 Å². The van der Waals surface area contributed by atoms with Crippen molar-refractivity contribution in [2.24, 2.45) is 4.99 Å². The fourth-order valence-electron chi connectivity index (χ4n) is 2.44. The predicted molar refractivity (Wildman–Crippen MR) is 76.0 cm³/mol. The fourth-order valence-corrected chi connectivity index (χ4v) is 2.44. The Morgan fingerprint density at radius 1 is 1.29 bits per heavy atom. The van der Waals surface area contributed by atoms with E-state index in [1.807, 2.05) is 7.05 Å². The molecule has 2 rings (SSSR count). The number of anilines is 1. The Bertz CT molecular complexity index is 483. The summed E-state index contributed by atoms with van der Waals surface area (Å²) in [4.78, 5) is 6.70. The largest absolute Gasteiger partial charge is 0.374 e. The van der Waals surface area contributed by atoms with E-state index in [1.165, 1.54) is 22.4 Å². The molecule has 0 spiro atoms. The molecule has 0 amide bonds. The van der Waals surface area contributed by atoms with Crippen LogP contribution in [-0.4, -0.2) is 26.4 Å². The van der Waals surface area contributed by atoms with Gasteiger partial charge in [-0.1, -0.05) is 23.8 Å². The minimum Gasteiger partial charge on any atom is -0.374 e. The van der Waals surface area contributed by atoms with Crippen LogP contribution >= 0.6 is 0 Å². The van der Waals surface area contributed by atoms with Gasteiger partial charge in [-0.25, -0.2) is 0 Å². The van der Waals surface area contributed by atoms with Crippen molar-refractivity contribution in [2.45, 2.75) is 20.3 Å². The summed E-state index contributed by atoms with van der Waals surface area (Å²) in [5.74, 6) is 0. The van der Waals surface area contributed by atoms with Gasteiger partial charge in [0.2, 0.25) is 0 Å². The second-order valence-corrected chi connectivity index (χ2v) is 4.65. The highest BCUT2D eigenvalue weighted by Crippen LogP contribution is 2.33. The van der Waals surface area contributed by atoms with Gasteiger partial charge in [0.25, 0.3) is 0 Å². The molecule has 0 bridgehead atoms. The van der Waals surface area contributed by atoms with E-state index >= 15 is 0 Å². The molecule has 0 aliphatic carbocycles. The van der Waals surface area contributed by atoms with Crippen LogP contribution in [0.4, 0.5) is 5.69 Å². The molecular weight excluding hydrogens is 208 g/mol. The summed E-state index contributed by atoms with van der Waals surface area (Å²) in [6.45, 7) is 5.39. The minimum absolute atomic E-state index is 1.07. The van der Waals surface area contributed by atoms with Gasteiger partial charge >= 0.3 is 0 Å². The summed E-state index contributed by atoms with van der Waals surface area (Å²) in [6, 6.07) is 8.60. The van der Waals surface area contributed by atoms with Gasteiger partial charge in [-0.2, -0.15) is 0 Å². The summed E-state index contributed by atoms with van der Waals surface area (Å²) in [5, 5.41) is 0. The molecule has 0 saturated heterocycles. The molecule has 0 N–H and O–H groups in total. The van der Waals surface area contributed by atoms with Crippen LogP contribution in [0.1, 0.15) is 25.8 Å². The van der Waals surface area contributed by atoms with E-state index in [4.69, 9.17) is 0 Å². The third kappa shape index (κ3) is 2.12. The van der Waals surface area contributed by atoms with E-state index < -0.39 is 0 Å². The Balaban J connectivity index is 2.66. The summed E-state index contributed by atoms with van der Waals surface area (Å²) in [7, 11) is 4.03. The summed E-state index contributed by atoms with van der Waals surface area (Å²) in [6.07, 6.45) is 1.10. The van der Waals surface area contributed by atoms with Crippen LogP contribution in [0, 0.1) is 0 Å². The molecule has 2 nitrogen and oxygen atoms in total. The van der Waals surface area contributed by atoms with Crippen molar-refractivity contribution in [1.29, 1.82) is 0 Å². The lowest BCUT2D eigenvalue weighted by Gasteiger charge is -2.20. The molecule has 0 fully saturated rings. The number of allylic oxidation sites excluding steroid dienone is 1. The zero-order valence-corrected chi connectivity index (χ0v) is 11.1. The third-order valence-corrected chi connectivity index (χ3v) is 3.53. The highest BCUT2D eigenvalue weighted by Gasteiger charge is 2.18. The molecule has 17 heavy (non-hydrogen) atoms. The number of nitrogens with zero attached hydrogens (tertiary/aromatic N) is 2. The molecule has 90 valence electrons. The predicted octanol–water partition coefficient (Wildman–Crippen LogP) is 3.39. The SMILES string of the molecule is C/N=C(/C)C1=C(C)CCN(C)c2ccccc21. The number of aliphatic imine (C=N–C) groups is 1. The van der Waals surface area contributed by atoms with Gasteiger partial charge < -0.3 is 4.90 Å². The number of fused-ring (bicyclic) bond motifs is 1. The van der Waals surface area contributed by atoms with Crippen molar-refractivity contribution < 1.29 is 0 Å². The third-order valence-electron chi connectivity index (χ3n) is 3.53. The molecule has 1 aliphatic heterocycles. The maximum absolute atomic E-state index is 4.37. The zero-order chi connectivity index (χ0) is 12.4. The smallest absolute Gasteiger partial charge is 0.0444 e. The molecule has 0 radical (unpaired) electrons. The lowest BCUT2D eigenvalue weighted by Crippen LogP contribution is -2.18.